The van der Waals surface area contributed by atoms with Gasteiger partial charge in [0.1, 0.15) is 5.82 Å². The van der Waals surface area contributed by atoms with E-state index < -0.39 is 11.2 Å². The van der Waals surface area contributed by atoms with Crippen LogP contribution in [0.1, 0.15) is 39.5 Å². The van der Waals surface area contributed by atoms with Gasteiger partial charge < -0.3 is 11.1 Å². The first-order valence-electron chi connectivity index (χ1n) is 6.83. The van der Waals surface area contributed by atoms with Crippen molar-refractivity contribution in [1.29, 1.82) is 0 Å². The fourth-order valence-corrected chi connectivity index (χ4v) is 2.67. The molecule has 1 aromatic carbocycles. The van der Waals surface area contributed by atoms with Crippen molar-refractivity contribution in [3.63, 3.8) is 0 Å². The fourth-order valence-electron chi connectivity index (χ4n) is 2.37. The molecule has 1 aromatic rings. The van der Waals surface area contributed by atoms with E-state index in [0.717, 1.165) is 12.8 Å². The van der Waals surface area contributed by atoms with Gasteiger partial charge in [-0.15, -0.1) is 0 Å². The quantitative estimate of drug-likeness (QED) is 0.755. The van der Waals surface area contributed by atoms with Gasteiger partial charge in [-0.3, -0.25) is 4.79 Å². The Morgan fingerprint density at radius 2 is 1.85 bits per heavy atom. The van der Waals surface area contributed by atoms with Crippen LogP contribution in [0.3, 0.4) is 0 Å². The molecular formula is C15H21FN2OS. The van der Waals surface area contributed by atoms with Gasteiger partial charge in [0.05, 0.1) is 16.1 Å². The van der Waals surface area contributed by atoms with Crippen LogP contribution in [0.2, 0.25) is 0 Å². The number of amides is 1. The third-order valence-electron chi connectivity index (χ3n) is 3.38. The van der Waals surface area contributed by atoms with Crippen molar-refractivity contribution in [3.05, 3.63) is 30.1 Å². The number of benzene rings is 1. The lowest BCUT2D eigenvalue weighted by molar-refractivity contribution is -0.122. The molecule has 1 rings (SSSR count). The van der Waals surface area contributed by atoms with E-state index in [9.17, 15) is 9.18 Å². The first-order chi connectivity index (χ1) is 9.47. The molecule has 20 heavy (non-hydrogen) atoms. The predicted molar refractivity (Wildman–Crippen MR) is 84.1 cm³/mol. The molecule has 0 radical (unpaired) electrons. The number of halogens is 1. The summed E-state index contributed by atoms with van der Waals surface area (Å²) in [5, 5.41) is 2.62. The van der Waals surface area contributed by atoms with Crippen molar-refractivity contribution in [2.45, 2.75) is 39.5 Å². The van der Waals surface area contributed by atoms with Crippen LogP contribution in [0.4, 0.5) is 10.1 Å². The van der Waals surface area contributed by atoms with E-state index in [1.807, 2.05) is 13.8 Å². The summed E-state index contributed by atoms with van der Waals surface area (Å²) in [6.07, 6.45) is 2.69. The van der Waals surface area contributed by atoms with Gasteiger partial charge in [0.25, 0.3) is 0 Å². The zero-order valence-electron chi connectivity index (χ0n) is 11.9. The summed E-state index contributed by atoms with van der Waals surface area (Å²) in [7, 11) is 0. The molecule has 0 saturated heterocycles. The molecule has 0 aromatic heterocycles. The molecule has 1 amide bonds. The maximum absolute atomic E-state index is 13.6. The average molecular weight is 296 g/mol. The van der Waals surface area contributed by atoms with Crippen molar-refractivity contribution in [3.8, 4) is 0 Å². The summed E-state index contributed by atoms with van der Waals surface area (Å²) >= 11 is 5.11. The standard InChI is InChI=1S/C15H21FN2OS/c1-3-9-15(10-4-2,13(17)20)14(19)18-12-8-6-5-7-11(12)16/h5-8H,3-4,9-10H2,1-2H3,(H2,17,20)(H,18,19). The summed E-state index contributed by atoms with van der Waals surface area (Å²) in [5.41, 5.74) is 5.07. The minimum atomic E-state index is -0.902. The molecule has 0 unspecified atom stereocenters. The van der Waals surface area contributed by atoms with Gasteiger partial charge in [-0.25, -0.2) is 4.39 Å². The molecule has 0 heterocycles. The van der Waals surface area contributed by atoms with Crippen LogP contribution in [0.15, 0.2) is 24.3 Å². The normalized spacial score (nSPS) is 11.2. The van der Waals surface area contributed by atoms with Crippen molar-refractivity contribution in [2.24, 2.45) is 11.1 Å². The minimum Gasteiger partial charge on any atom is -0.392 e. The number of anilines is 1. The Balaban J connectivity index is 3.05. The molecule has 110 valence electrons. The molecule has 0 aliphatic rings. The summed E-state index contributed by atoms with van der Waals surface area (Å²) < 4.78 is 13.6. The van der Waals surface area contributed by atoms with Gasteiger partial charge in [-0.1, -0.05) is 51.0 Å². The lowest BCUT2D eigenvalue weighted by atomic mass is 9.78. The monoisotopic (exact) mass is 296 g/mol. The van der Waals surface area contributed by atoms with Crippen molar-refractivity contribution in [2.75, 3.05) is 5.32 Å². The van der Waals surface area contributed by atoms with Gasteiger partial charge in [-0.2, -0.15) is 0 Å². The highest BCUT2D eigenvalue weighted by Crippen LogP contribution is 2.32. The molecule has 3 nitrogen and oxygen atoms in total. The summed E-state index contributed by atoms with van der Waals surface area (Å²) in [4.78, 5) is 12.7. The number of carbonyl (C=O) groups is 1. The maximum Gasteiger partial charge on any atom is 0.237 e. The molecular weight excluding hydrogens is 275 g/mol. The fraction of sp³-hybridized carbons (Fsp3) is 0.467. The molecule has 0 saturated carbocycles. The maximum atomic E-state index is 13.6. The second-order valence-corrected chi connectivity index (χ2v) is 5.32. The van der Waals surface area contributed by atoms with Crippen LogP contribution in [0, 0.1) is 11.2 Å². The summed E-state index contributed by atoms with van der Waals surface area (Å²) in [5.74, 6) is -0.788. The van der Waals surface area contributed by atoms with Gasteiger partial charge in [0.15, 0.2) is 0 Å². The number of nitrogens with two attached hydrogens (primary N) is 1. The smallest absolute Gasteiger partial charge is 0.237 e. The Morgan fingerprint density at radius 3 is 2.30 bits per heavy atom. The van der Waals surface area contributed by atoms with Crippen LogP contribution >= 0.6 is 12.2 Å². The van der Waals surface area contributed by atoms with Crippen molar-refractivity contribution >= 4 is 28.8 Å². The van der Waals surface area contributed by atoms with Crippen molar-refractivity contribution in [1.82, 2.24) is 0 Å². The number of carbonyl (C=O) groups excluding carboxylic acids is 1. The van der Waals surface area contributed by atoms with E-state index in [2.05, 4.69) is 5.32 Å². The molecule has 0 bridgehead atoms. The van der Waals surface area contributed by atoms with E-state index in [-0.39, 0.29) is 16.6 Å². The molecule has 0 aliphatic heterocycles. The predicted octanol–water partition coefficient (Wildman–Crippen LogP) is 3.64. The van der Waals surface area contributed by atoms with Crippen LogP contribution in [-0.4, -0.2) is 10.9 Å². The summed E-state index contributed by atoms with van der Waals surface area (Å²) in [6, 6.07) is 6.07. The van der Waals surface area contributed by atoms with E-state index in [1.54, 1.807) is 12.1 Å². The third kappa shape index (κ3) is 3.54. The highest BCUT2D eigenvalue weighted by atomic mass is 32.1. The van der Waals surface area contributed by atoms with E-state index >= 15 is 0 Å². The number of rotatable bonds is 7. The third-order valence-corrected chi connectivity index (χ3v) is 3.77. The first kappa shape index (κ1) is 16.6. The van der Waals surface area contributed by atoms with Gasteiger partial charge in [0, 0.05) is 0 Å². The zero-order chi connectivity index (χ0) is 15.2. The molecule has 0 fully saturated rings. The first-order valence-corrected chi connectivity index (χ1v) is 7.24. The van der Waals surface area contributed by atoms with Crippen LogP contribution in [0.5, 0.6) is 0 Å². The molecule has 0 atom stereocenters. The number of nitrogens with one attached hydrogen (secondary N) is 1. The molecule has 0 spiro atoms. The second-order valence-electron chi connectivity index (χ2n) is 4.88. The Bertz CT molecular complexity index is 485. The Kier molecular flexibility index (Phi) is 6.07. The van der Waals surface area contributed by atoms with Crippen LogP contribution in [0.25, 0.3) is 0 Å². The number of hydrogen-bond donors (Lipinski definition) is 2. The molecule has 3 N–H and O–H groups in total. The van der Waals surface area contributed by atoms with Gasteiger partial charge in [-0.05, 0) is 25.0 Å². The van der Waals surface area contributed by atoms with Gasteiger partial charge in [0.2, 0.25) is 5.91 Å². The Hall–Kier alpha value is -1.49. The SMILES string of the molecule is CCCC(CCC)(C(=O)Nc1ccccc1F)C(N)=S. The lowest BCUT2D eigenvalue weighted by Gasteiger charge is -2.31. The minimum absolute atomic E-state index is 0.158. The van der Waals surface area contributed by atoms with E-state index in [4.69, 9.17) is 18.0 Å². The lowest BCUT2D eigenvalue weighted by Crippen LogP contribution is -2.46. The van der Waals surface area contributed by atoms with Gasteiger partial charge >= 0.3 is 0 Å². The van der Waals surface area contributed by atoms with Crippen LogP contribution in [-0.2, 0) is 4.79 Å². The second kappa shape index (κ2) is 7.33. The Labute approximate surface area is 124 Å². The topological polar surface area (TPSA) is 55.1 Å². The zero-order valence-corrected chi connectivity index (χ0v) is 12.7. The molecule has 5 heteroatoms. The molecule has 0 aliphatic carbocycles. The largest absolute Gasteiger partial charge is 0.392 e. The number of para-hydroxylation sites is 1. The highest BCUT2D eigenvalue weighted by Gasteiger charge is 2.40. The van der Waals surface area contributed by atoms with E-state index in [0.29, 0.717) is 12.8 Å². The summed E-state index contributed by atoms with van der Waals surface area (Å²) in [6.45, 7) is 3.94. The van der Waals surface area contributed by atoms with Crippen LogP contribution < -0.4 is 11.1 Å². The van der Waals surface area contributed by atoms with Crippen molar-refractivity contribution < 1.29 is 9.18 Å². The number of hydrogen-bond acceptors (Lipinski definition) is 2. The van der Waals surface area contributed by atoms with E-state index in [1.165, 1.54) is 12.1 Å². The Morgan fingerprint density at radius 1 is 1.30 bits per heavy atom. The highest BCUT2D eigenvalue weighted by molar-refractivity contribution is 7.80. The average Bonchev–Trinajstić information content (AvgIpc) is 2.40. The number of thiocarbonyl (C=S) groups is 1.